The second kappa shape index (κ2) is 10.8. The number of rotatable bonds is 8. The molecule has 202 valence electrons. The van der Waals surface area contributed by atoms with E-state index in [1.54, 1.807) is 6.07 Å². The molecule has 0 unspecified atom stereocenters. The number of nitrogens with zero attached hydrogens (tertiary/aromatic N) is 2. The highest BCUT2D eigenvalue weighted by Gasteiger charge is 2.39. The number of ether oxygens (including phenoxy) is 3. The second-order valence-electron chi connectivity index (χ2n) is 10.9. The number of fused-ring (bicyclic) bond motifs is 1. The fraction of sp³-hybridized carbons (Fsp3) is 0.607. The van der Waals surface area contributed by atoms with E-state index in [-0.39, 0.29) is 35.0 Å². The van der Waals surface area contributed by atoms with Gasteiger partial charge in [-0.05, 0) is 63.1 Å². The number of carbonyl (C=O) groups is 2. The van der Waals surface area contributed by atoms with Gasteiger partial charge in [0.2, 0.25) is 0 Å². The molecule has 1 saturated heterocycles. The third kappa shape index (κ3) is 5.81. The van der Waals surface area contributed by atoms with Crippen LogP contribution in [0.3, 0.4) is 0 Å². The molecule has 37 heavy (non-hydrogen) atoms. The van der Waals surface area contributed by atoms with Gasteiger partial charge in [-0.15, -0.1) is 0 Å². The number of nitrogens with one attached hydrogen (secondary N) is 1. The summed E-state index contributed by atoms with van der Waals surface area (Å²) in [6.45, 7) is 9.42. The molecular weight excluding hydrogens is 477 g/mol. The zero-order valence-electron chi connectivity index (χ0n) is 22.5. The monoisotopic (exact) mass is 515 g/mol. The third-order valence-electron chi connectivity index (χ3n) is 7.48. The zero-order chi connectivity index (χ0) is 26.8. The molecule has 8 nitrogen and oxygen atoms in total. The molecule has 1 amide bonds. The van der Waals surface area contributed by atoms with Crippen molar-refractivity contribution in [3.8, 4) is 5.75 Å². The number of aryl methyl sites for hydroxylation is 1. The molecule has 9 heteroatoms. The minimum Gasteiger partial charge on any atom is -0.497 e. The summed E-state index contributed by atoms with van der Waals surface area (Å²) in [7, 11) is 1.50. The SMILES string of the molecule is CCc1nn(C[C@@H](C)COC(=O)c2ccc(OC)cc2C(C)(C)F)c2c1C(=O)NCC1(CCOCC1)C2. The molecule has 1 spiro atoms. The molecular formula is C28H38FN3O5. The molecule has 1 aromatic heterocycles. The van der Waals surface area contributed by atoms with Crippen molar-refractivity contribution in [1.82, 2.24) is 15.1 Å². The molecule has 0 radical (unpaired) electrons. The Morgan fingerprint density at radius 1 is 1.32 bits per heavy atom. The highest BCUT2D eigenvalue weighted by atomic mass is 19.1. The number of carbonyl (C=O) groups excluding carboxylic acids is 2. The lowest BCUT2D eigenvalue weighted by molar-refractivity contribution is 0.0151. The van der Waals surface area contributed by atoms with Gasteiger partial charge in [-0.1, -0.05) is 13.8 Å². The lowest BCUT2D eigenvalue weighted by Gasteiger charge is -2.36. The Kier molecular flexibility index (Phi) is 7.92. The largest absolute Gasteiger partial charge is 0.497 e. The van der Waals surface area contributed by atoms with Gasteiger partial charge in [0.25, 0.3) is 5.91 Å². The van der Waals surface area contributed by atoms with Crippen LogP contribution in [-0.2, 0) is 34.5 Å². The van der Waals surface area contributed by atoms with Gasteiger partial charge in [-0.25, -0.2) is 9.18 Å². The van der Waals surface area contributed by atoms with E-state index in [9.17, 15) is 14.0 Å². The first-order chi connectivity index (χ1) is 17.6. The van der Waals surface area contributed by atoms with Crippen LogP contribution in [-0.4, -0.2) is 55.1 Å². The van der Waals surface area contributed by atoms with Gasteiger partial charge in [0, 0.05) is 37.8 Å². The number of halogens is 1. The minimum atomic E-state index is -1.74. The van der Waals surface area contributed by atoms with Crippen LogP contribution in [0.1, 0.15) is 78.2 Å². The van der Waals surface area contributed by atoms with Crippen LogP contribution < -0.4 is 10.1 Å². The maximum absolute atomic E-state index is 14.8. The first-order valence-corrected chi connectivity index (χ1v) is 13.1. The fourth-order valence-electron chi connectivity index (χ4n) is 5.29. The van der Waals surface area contributed by atoms with Gasteiger partial charge in [0.1, 0.15) is 11.4 Å². The average molecular weight is 516 g/mol. The Hall–Kier alpha value is -2.94. The summed E-state index contributed by atoms with van der Waals surface area (Å²) in [4.78, 5) is 26.0. The molecule has 0 aliphatic carbocycles. The van der Waals surface area contributed by atoms with E-state index in [1.807, 2.05) is 18.5 Å². The topological polar surface area (TPSA) is 91.7 Å². The second-order valence-corrected chi connectivity index (χ2v) is 10.9. The van der Waals surface area contributed by atoms with Crippen LogP contribution in [0, 0.1) is 11.3 Å². The maximum Gasteiger partial charge on any atom is 0.338 e. The smallest absolute Gasteiger partial charge is 0.338 e. The summed E-state index contributed by atoms with van der Waals surface area (Å²) in [6.07, 6.45) is 3.19. The molecule has 0 bridgehead atoms. The van der Waals surface area contributed by atoms with Gasteiger partial charge < -0.3 is 19.5 Å². The average Bonchev–Trinajstić information content (AvgIpc) is 3.14. The van der Waals surface area contributed by atoms with E-state index in [0.29, 0.717) is 44.0 Å². The van der Waals surface area contributed by atoms with Crippen molar-refractivity contribution in [1.29, 1.82) is 0 Å². The number of amides is 1. The summed E-state index contributed by atoms with van der Waals surface area (Å²) < 4.78 is 33.2. The first-order valence-electron chi connectivity index (χ1n) is 13.1. The summed E-state index contributed by atoms with van der Waals surface area (Å²) >= 11 is 0. The van der Waals surface area contributed by atoms with Crippen LogP contribution in [0.15, 0.2) is 18.2 Å². The van der Waals surface area contributed by atoms with Crippen LogP contribution >= 0.6 is 0 Å². The summed E-state index contributed by atoms with van der Waals surface area (Å²) in [5, 5.41) is 7.92. The number of methoxy groups -OCH3 is 1. The van der Waals surface area contributed by atoms with Crippen LogP contribution in [0.2, 0.25) is 0 Å². The van der Waals surface area contributed by atoms with E-state index in [2.05, 4.69) is 5.32 Å². The van der Waals surface area contributed by atoms with Crippen LogP contribution in [0.25, 0.3) is 0 Å². The Balaban J connectivity index is 1.51. The van der Waals surface area contributed by atoms with Gasteiger partial charge in [0.05, 0.1) is 36.2 Å². The number of benzene rings is 1. The molecule has 2 aliphatic rings. The van der Waals surface area contributed by atoms with E-state index in [4.69, 9.17) is 19.3 Å². The van der Waals surface area contributed by atoms with Crippen LogP contribution in [0.5, 0.6) is 5.75 Å². The molecule has 4 rings (SSSR count). The van der Waals surface area contributed by atoms with E-state index >= 15 is 0 Å². The van der Waals surface area contributed by atoms with E-state index in [0.717, 1.165) is 30.7 Å². The fourth-order valence-corrected chi connectivity index (χ4v) is 5.29. The van der Waals surface area contributed by atoms with Crippen molar-refractivity contribution < 1.29 is 28.2 Å². The third-order valence-corrected chi connectivity index (χ3v) is 7.48. The van der Waals surface area contributed by atoms with Crippen molar-refractivity contribution in [2.24, 2.45) is 11.3 Å². The van der Waals surface area contributed by atoms with Gasteiger partial charge in [0.15, 0.2) is 0 Å². The summed E-state index contributed by atoms with van der Waals surface area (Å²) in [5.74, 6) is -0.247. The van der Waals surface area contributed by atoms with Gasteiger partial charge >= 0.3 is 5.97 Å². The molecule has 1 aromatic carbocycles. The Morgan fingerprint density at radius 2 is 2.05 bits per heavy atom. The minimum absolute atomic E-state index is 0.0401. The predicted octanol–water partition coefficient (Wildman–Crippen LogP) is 4.23. The van der Waals surface area contributed by atoms with Crippen molar-refractivity contribution in [3.63, 3.8) is 0 Å². The number of aromatic nitrogens is 2. The van der Waals surface area contributed by atoms with Gasteiger partial charge in [-0.2, -0.15) is 5.10 Å². The number of hydrogen-bond donors (Lipinski definition) is 1. The summed E-state index contributed by atoms with van der Waals surface area (Å²) in [6, 6.07) is 4.69. The van der Waals surface area contributed by atoms with Crippen molar-refractivity contribution in [3.05, 3.63) is 46.3 Å². The quantitative estimate of drug-likeness (QED) is 0.529. The molecule has 3 heterocycles. The van der Waals surface area contributed by atoms with Gasteiger partial charge in [-0.3, -0.25) is 9.48 Å². The van der Waals surface area contributed by atoms with Crippen LogP contribution in [0.4, 0.5) is 4.39 Å². The molecule has 2 aliphatic heterocycles. The highest BCUT2D eigenvalue weighted by molar-refractivity contribution is 5.97. The molecule has 0 saturated carbocycles. The van der Waals surface area contributed by atoms with E-state index in [1.165, 1.54) is 33.1 Å². The molecule has 1 fully saturated rings. The number of hydrogen-bond acceptors (Lipinski definition) is 6. The normalized spacial score (nSPS) is 18.1. The lowest BCUT2D eigenvalue weighted by Crippen LogP contribution is -2.41. The zero-order valence-corrected chi connectivity index (χ0v) is 22.5. The lowest BCUT2D eigenvalue weighted by atomic mass is 9.76. The standard InChI is InChI=1S/C28H38FN3O5/c1-6-22-24-23(14-28(17-30-25(24)33)9-11-36-12-10-28)32(31-22)15-18(2)16-37-26(34)20-8-7-19(35-5)13-21(20)27(3,4)29/h7-8,13,18H,6,9-12,14-17H2,1-5H3,(H,30,33)/t18-/m1/s1. The Bertz CT molecular complexity index is 1150. The molecule has 1 atom stereocenters. The van der Waals surface area contributed by atoms with E-state index < -0.39 is 11.6 Å². The number of alkyl halides is 1. The highest BCUT2D eigenvalue weighted by Crippen LogP contribution is 2.37. The first kappa shape index (κ1) is 27.1. The molecule has 1 N–H and O–H groups in total. The predicted molar refractivity (Wildman–Crippen MR) is 137 cm³/mol. The van der Waals surface area contributed by atoms with Crippen molar-refractivity contribution >= 4 is 11.9 Å². The molecule has 2 aromatic rings. The number of esters is 1. The van der Waals surface area contributed by atoms with Crippen molar-refractivity contribution in [2.45, 2.75) is 65.6 Å². The Morgan fingerprint density at radius 3 is 2.70 bits per heavy atom. The maximum atomic E-state index is 14.8. The summed E-state index contributed by atoms with van der Waals surface area (Å²) in [5.41, 5.74) is 1.04. The van der Waals surface area contributed by atoms with Crippen molar-refractivity contribution in [2.75, 3.05) is 33.5 Å². The Labute approximate surface area is 217 Å².